The molecule has 0 atom stereocenters. The average Bonchev–Trinajstić information content (AvgIpc) is 2.51. The highest BCUT2D eigenvalue weighted by molar-refractivity contribution is 7.18. The third kappa shape index (κ3) is 1.71. The first kappa shape index (κ1) is 9.77. The van der Waals surface area contributed by atoms with Gasteiger partial charge in [0.15, 0.2) is 5.13 Å². The molecule has 5 heteroatoms. The Morgan fingerprint density at radius 2 is 1.86 bits per heavy atom. The number of nitrogen functional groups attached to an aromatic ring is 1. The van der Waals surface area contributed by atoms with Gasteiger partial charge in [-0.05, 0) is 12.1 Å². The van der Waals surface area contributed by atoms with Gasteiger partial charge in [0, 0.05) is 11.8 Å². The normalized spacial score (nSPS) is 10.4. The molecule has 0 bridgehead atoms. The van der Waals surface area contributed by atoms with Crippen LogP contribution in [0.3, 0.4) is 0 Å². The summed E-state index contributed by atoms with van der Waals surface area (Å²) in [6.07, 6.45) is 1.67. The molecular weight excluding hydrogens is 239 g/mol. The lowest BCUT2D eigenvalue weighted by Crippen LogP contribution is -1.77. The molecule has 2 N–H and O–H groups in total. The molecule has 1 heterocycles. The van der Waals surface area contributed by atoms with Crippen molar-refractivity contribution >= 4 is 39.7 Å². The molecule has 1 aromatic carbocycles. The van der Waals surface area contributed by atoms with Gasteiger partial charge in [0.25, 0.3) is 0 Å². The monoisotopic (exact) mass is 244 g/mol. The zero-order valence-electron chi connectivity index (χ0n) is 7.00. The van der Waals surface area contributed by atoms with E-state index in [2.05, 4.69) is 4.98 Å². The smallest absolute Gasteiger partial charge is 0.180 e. The number of hydrogen-bond donors (Lipinski definition) is 1. The van der Waals surface area contributed by atoms with Crippen LogP contribution >= 0.6 is 34.5 Å². The van der Waals surface area contributed by atoms with Gasteiger partial charge in [-0.1, -0.05) is 40.6 Å². The third-order valence-corrected chi connectivity index (χ3v) is 3.21. The van der Waals surface area contributed by atoms with Crippen LogP contribution in [0, 0.1) is 0 Å². The number of rotatable bonds is 1. The van der Waals surface area contributed by atoms with Gasteiger partial charge in [-0.15, -0.1) is 0 Å². The lowest BCUT2D eigenvalue weighted by atomic mass is 10.2. The second-order valence-corrected chi connectivity index (χ2v) is 4.54. The summed E-state index contributed by atoms with van der Waals surface area (Å²) in [5.74, 6) is 0. The van der Waals surface area contributed by atoms with Gasteiger partial charge in [0.1, 0.15) is 0 Å². The molecule has 0 spiro atoms. The molecule has 0 saturated heterocycles. The fourth-order valence-electron chi connectivity index (χ4n) is 1.14. The molecular formula is C9H6Cl2N2S. The maximum absolute atomic E-state index is 6.03. The zero-order chi connectivity index (χ0) is 10.1. The molecule has 0 aliphatic heterocycles. The molecule has 2 rings (SSSR count). The molecule has 0 aliphatic rings. The average molecular weight is 245 g/mol. The highest BCUT2D eigenvalue weighted by Crippen LogP contribution is 2.37. The Labute approximate surface area is 95.3 Å². The highest BCUT2D eigenvalue weighted by Gasteiger charge is 2.10. The first-order valence-electron chi connectivity index (χ1n) is 3.84. The van der Waals surface area contributed by atoms with E-state index in [1.165, 1.54) is 11.3 Å². The first-order chi connectivity index (χ1) is 6.68. The maximum Gasteiger partial charge on any atom is 0.180 e. The highest BCUT2D eigenvalue weighted by atomic mass is 35.5. The Balaban J connectivity index is 2.61. The minimum absolute atomic E-state index is 0.510. The molecule has 72 valence electrons. The van der Waals surface area contributed by atoms with Gasteiger partial charge in [-0.3, -0.25) is 0 Å². The second-order valence-electron chi connectivity index (χ2n) is 2.66. The van der Waals surface area contributed by atoms with Gasteiger partial charge in [-0.25, -0.2) is 4.98 Å². The van der Waals surface area contributed by atoms with E-state index in [1.54, 1.807) is 24.4 Å². The van der Waals surface area contributed by atoms with Crippen LogP contribution in [0.25, 0.3) is 10.4 Å². The van der Waals surface area contributed by atoms with Gasteiger partial charge in [0.2, 0.25) is 0 Å². The van der Waals surface area contributed by atoms with Crippen LogP contribution in [0.5, 0.6) is 0 Å². The van der Waals surface area contributed by atoms with Crippen molar-refractivity contribution in [2.45, 2.75) is 0 Å². The first-order valence-corrected chi connectivity index (χ1v) is 5.41. The van der Waals surface area contributed by atoms with E-state index in [-0.39, 0.29) is 0 Å². The molecule has 0 unspecified atom stereocenters. The maximum atomic E-state index is 6.03. The van der Waals surface area contributed by atoms with Crippen LogP contribution in [-0.2, 0) is 0 Å². The van der Waals surface area contributed by atoms with Crippen LogP contribution in [0.15, 0.2) is 24.4 Å². The van der Waals surface area contributed by atoms with Gasteiger partial charge in [0.05, 0.1) is 14.9 Å². The summed E-state index contributed by atoms with van der Waals surface area (Å²) in [5.41, 5.74) is 6.33. The van der Waals surface area contributed by atoms with E-state index < -0.39 is 0 Å². The largest absolute Gasteiger partial charge is 0.375 e. The van der Waals surface area contributed by atoms with E-state index in [0.717, 1.165) is 10.4 Å². The van der Waals surface area contributed by atoms with Crippen molar-refractivity contribution < 1.29 is 0 Å². The van der Waals surface area contributed by atoms with E-state index in [9.17, 15) is 0 Å². The molecule has 2 aromatic rings. The van der Waals surface area contributed by atoms with E-state index in [0.29, 0.717) is 15.2 Å². The Morgan fingerprint density at radius 3 is 2.36 bits per heavy atom. The Morgan fingerprint density at radius 1 is 1.21 bits per heavy atom. The molecule has 0 saturated carbocycles. The predicted octanol–water partition coefficient (Wildman–Crippen LogP) is 3.70. The second kappa shape index (κ2) is 3.77. The summed E-state index contributed by atoms with van der Waals surface area (Å²) in [4.78, 5) is 4.84. The number of nitrogens with zero attached hydrogens (tertiary/aromatic N) is 1. The number of aromatic nitrogens is 1. The van der Waals surface area contributed by atoms with Crippen molar-refractivity contribution in [2.75, 3.05) is 5.73 Å². The van der Waals surface area contributed by atoms with Crippen LogP contribution in [-0.4, -0.2) is 4.98 Å². The summed E-state index contributed by atoms with van der Waals surface area (Å²) < 4.78 is 0. The summed E-state index contributed by atoms with van der Waals surface area (Å²) in [7, 11) is 0. The molecule has 0 radical (unpaired) electrons. The SMILES string of the molecule is Nc1ncc(-c2c(Cl)cccc2Cl)s1. The van der Waals surface area contributed by atoms with Gasteiger partial charge in [-0.2, -0.15) is 0 Å². The lowest BCUT2D eigenvalue weighted by molar-refractivity contribution is 1.42. The number of hydrogen-bond acceptors (Lipinski definition) is 3. The van der Waals surface area contributed by atoms with Crippen LogP contribution in [0.2, 0.25) is 10.0 Å². The van der Waals surface area contributed by atoms with Crippen molar-refractivity contribution in [2.24, 2.45) is 0 Å². The van der Waals surface area contributed by atoms with E-state index >= 15 is 0 Å². The minimum Gasteiger partial charge on any atom is -0.375 e. The van der Waals surface area contributed by atoms with Crippen molar-refractivity contribution in [3.8, 4) is 10.4 Å². The van der Waals surface area contributed by atoms with Gasteiger partial charge >= 0.3 is 0 Å². The Bertz CT molecular complexity index is 447. The van der Waals surface area contributed by atoms with Crippen molar-refractivity contribution in [1.82, 2.24) is 4.98 Å². The van der Waals surface area contributed by atoms with E-state index in [1.807, 2.05) is 0 Å². The molecule has 0 fully saturated rings. The minimum atomic E-state index is 0.510. The van der Waals surface area contributed by atoms with Crippen LogP contribution < -0.4 is 5.73 Å². The fourth-order valence-corrected chi connectivity index (χ4v) is 2.61. The number of anilines is 1. The molecule has 2 nitrogen and oxygen atoms in total. The van der Waals surface area contributed by atoms with Crippen LogP contribution in [0.1, 0.15) is 0 Å². The van der Waals surface area contributed by atoms with Crippen LogP contribution in [0.4, 0.5) is 5.13 Å². The Hall–Kier alpha value is -0.770. The summed E-state index contributed by atoms with van der Waals surface area (Å²) in [5, 5.41) is 1.73. The Kier molecular flexibility index (Phi) is 2.63. The standard InChI is InChI=1S/C9H6Cl2N2S/c10-5-2-1-3-6(11)8(5)7-4-13-9(12)14-7/h1-4H,(H2,12,13). The van der Waals surface area contributed by atoms with E-state index in [4.69, 9.17) is 28.9 Å². The van der Waals surface area contributed by atoms with Crippen molar-refractivity contribution in [3.05, 3.63) is 34.4 Å². The summed E-state index contributed by atoms with van der Waals surface area (Å²) in [6, 6.07) is 5.38. The predicted molar refractivity (Wildman–Crippen MR) is 62.0 cm³/mol. The number of benzene rings is 1. The molecule has 14 heavy (non-hydrogen) atoms. The topological polar surface area (TPSA) is 38.9 Å². The van der Waals surface area contributed by atoms with Crippen molar-refractivity contribution in [1.29, 1.82) is 0 Å². The number of thiazole rings is 1. The van der Waals surface area contributed by atoms with Gasteiger partial charge < -0.3 is 5.73 Å². The molecule has 0 aliphatic carbocycles. The van der Waals surface area contributed by atoms with Crippen molar-refractivity contribution in [3.63, 3.8) is 0 Å². The fraction of sp³-hybridized carbons (Fsp3) is 0. The quantitative estimate of drug-likeness (QED) is 0.831. The summed E-state index contributed by atoms with van der Waals surface area (Å²) >= 11 is 13.4. The number of halogens is 2. The molecule has 1 aromatic heterocycles. The molecule has 0 amide bonds. The number of nitrogens with two attached hydrogens (primary N) is 1. The zero-order valence-corrected chi connectivity index (χ0v) is 9.33. The lowest BCUT2D eigenvalue weighted by Gasteiger charge is -2.02. The third-order valence-electron chi connectivity index (χ3n) is 1.73. The summed E-state index contributed by atoms with van der Waals surface area (Å²) in [6.45, 7) is 0.